The van der Waals surface area contributed by atoms with Crippen LogP contribution in [0.25, 0.3) is 0 Å². The molecule has 0 aromatic rings. The predicted molar refractivity (Wildman–Crippen MR) is 49.9 cm³/mol. The van der Waals surface area contributed by atoms with Crippen LogP contribution in [0.5, 0.6) is 0 Å². The Kier molecular flexibility index (Phi) is 2.76. The molecule has 0 bridgehead atoms. The van der Waals surface area contributed by atoms with E-state index < -0.39 is 0 Å². The van der Waals surface area contributed by atoms with E-state index >= 15 is 0 Å². The molecule has 0 unspecified atom stereocenters. The van der Waals surface area contributed by atoms with Gasteiger partial charge in [0.2, 0.25) is 0 Å². The van der Waals surface area contributed by atoms with E-state index in [0.29, 0.717) is 0 Å². The summed E-state index contributed by atoms with van der Waals surface area (Å²) in [5.74, 6) is 0. The third-order valence-electron chi connectivity index (χ3n) is 2.52. The molecule has 12 heavy (non-hydrogen) atoms. The van der Waals surface area contributed by atoms with Crippen molar-refractivity contribution in [2.24, 2.45) is 5.73 Å². The summed E-state index contributed by atoms with van der Waals surface area (Å²) < 4.78 is 0. The maximum Gasteiger partial charge on any atom is 0.0587 e. The Morgan fingerprint density at radius 2 is 2.08 bits per heavy atom. The molecule has 0 radical (unpaired) electrons. The number of hydrogen-bond acceptors (Lipinski definition) is 3. The van der Waals surface area contributed by atoms with Gasteiger partial charge in [-0.3, -0.25) is 4.90 Å². The van der Waals surface area contributed by atoms with Crippen molar-refractivity contribution in [1.82, 2.24) is 4.90 Å². The highest BCUT2D eigenvalue weighted by molar-refractivity contribution is 4.93. The standard InChI is InChI=1S/C9H20N2O/c1-9(2,3)11-5-7(10)4-8(11)6-12/h7-8,12H,4-6,10H2,1-3H3/t7-,8+/m0/s1. The van der Waals surface area contributed by atoms with Gasteiger partial charge in [0.1, 0.15) is 0 Å². The van der Waals surface area contributed by atoms with E-state index in [4.69, 9.17) is 10.8 Å². The van der Waals surface area contributed by atoms with Crippen LogP contribution in [-0.4, -0.2) is 40.8 Å². The first-order chi connectivity index (χ1) is 5.45. The van der Waals surface area contributed by atoms with Gasteiger partial charge >= 0.3 is 0 Å². The van der Waals surface area contributed by atoms with Gasteiger partial charge in [0.15, 0.2) is 0 Å². The largest absolute Gasteiger partial charge is 0.395 e. The van der Waals surface area contributed by atoms with Crippen molar-refractivity contribution in [2.75, 3.05) is 13.2 Å². The van der Waals surface area contributed by atoms with Gasteiger partial charge in [-0.1, -0.05) is 0 Å². The van der Waals surface area contributed by atoms with E-state index in [0.717, 1.165) is 13.0 Å². The molecule has 1 aliphatic heterocycles. The van der Waals surface area contributed by atoms with Gasteiger partial charge < -0.3 is 10.8 Å². The Balaban J connectivity index is 2.64. The maximum atomic E-state index is 9.12. The molecule has 0 amide bonds. The first-order valence-corrected chi connectivity index (χ1v) is 4.58. The second-order valence-electron chi connectivity index (χ2n) is 4.66. The van der Waals surface area contributed by atoms with Crippen molar-refractivity contribution in [3.63, 3.8) is 0 Å². The Hall–Kier alpha value is -0.120. The summed E-state index contributed by atoms with van der Waals surface area (Å²) in [5.41, 5.74) is 5.96. The molecule has 1 heterocycles. The molecule has 3 N–H and O–H groups in total. The molecule has 0 saturated carbocycles. The molecule has 0 spiro atoms. The lowest BCUT2D eigenvalue weighted by Crippen LogP contribution is -2.46. The summed E-state index contributed by atoms with van der Waals surface area (Å²) in [5, 5.41) is 9.12. The maximum absolute atomic E-state index is 9.12. The van der Waals surface area contributed by atoms with E-state index in [1.807, 2.05) is 0 Å². The summed E-state index contributed by atoms with van der Waals surface area (Å²) in [6.45, 7) is 7.62. The normalized spacial score (nSPS) is 32.8. The second kappa shape index (κ2) is 3.32. The molecular formula is C9H20N2O. The zero-order valence-corrected chi connectivity index (χ0v) is 8.25. The monoisotopic (exact) mass is 172 g/mol. The van der Waals surface area contributed by atoms with Crippen LogP contribution in [0.4, 0.5) is 0 Å². The summed E-state index contributed by atoms with van der Waals surface area (Å²) in [6.07, 6.45) is 0.924. The molecular weight excluding hydrogens is 152 g/mol. The molecule has 1 fully saturated rings. The van der Waals surface area contributed by atoms with Crippen LogP contribution in [0, 0.1) is 0 Å². The van der Waals surface area contributed by atoms with Gasteiger partial charge in [-0.05, 0) is 27.2 Å². The summed E-state index contributed by atoms with van der Waals surface area (Å²) in [7, 11) is 0. The highest BCUT2D eigenvalue weighted by Crippen LogP contribution is 2.25. The molecule has 3 heteroatoms. The van der Waals surface area contributed by atoms with Crippen molar-refractivity contribution < 1.29 is 5.11 Å². The van der Waals surface area contributed by atoms with Crippen LogP contribution in [0.1, 0.15) is 27.2 Å². The van der Waals surface area contributed by atoms with Gasteiger partial charge in [-0.15, -0.1) is 0 Å². The van der Waals surface area contributed by atoms with Crippen LogP contribution >= 0.6 is 0 Å². The summed E-state index contributed by atoms with van der Waals surface area (Å²) in [4.78, 5) is 2.29. The average molecular weight is 172 g/mol. The molecule has 1 saturated heterocycles. The Labute approximate surface area is 74.5 Å². The number of nitrogens with two attached hydrogens (primary N) is 1. The molecule has 0 aromatic carbocycles. The van der Waals surface area contributed by atoms with Gasteiger partial charge in [0, 0.05) is 24.2 Å². The summed E-state index contributed by atoms with van der Waals surface area (Å²) >= 11 is 0. The minimum absolute atomic E-state index is 0.127. The summed E-state index contributed by atoms with van der Waals surface area (Å²) in [6, 6.07) is 0.501. The quantitative estimate of drug-likeness (QED) is 0.593. The topological polar surface area (TPSA) is 49.5 Å². The van der Waals surface area contributed by atoms with Gasteiger partial charge in [-0.2, -0.15) is 0 Å². The minimum Gasteiger partial charge on any atom is -0.395 e. The lowest BCUT2D eigenvalue weighted by atomic mass is 10.1. The molecule has 1 rings (SSSR count). The highest BCUT2D eigenvalue weighted by Gasteiger charge is 2.35. The van der Waals surface area contributed by atoms with Crippen molar-refractivity contribution in [2.45, 2.75) is 44.8 Å². The molecule has 0 aromatic heterocycles. The fourth-order valence-electron chi connectivity index (χ4n) is 1.95. The van der Waals surface area contributed by atoms with Gasteiger partial charge in [0.05, 0.1) is 6.61 Å². The van der Waals surface area contributed by atoms with Crippen LogP contribution < -0.4 is 5.73 Å². The van der Waals surface area contributed by atoms with Gasteiger partial charge in [0.25, 0.3) is 0 Å². The number of hydrogen-bond donors (Lipinski definition) is 2. The molecule has 1 aliphatic rings. The fraction of sp³-hybridized carbons (Fsp3) is 1.00. The Morgan fingerprint density at radius 1 is 1.50 bits per heavy atom. The number of rotatable bonds is 1. The number of aliphatic hydroxyl groups is 1. The van der Waals surface area contributed by atoms with Crippen molar-refractivity contribution in [3.05, 3.63) is 0 Å². The van der Waals surface area contributed by atoms with E-state index in [1.165, 1.54) is 0 Å². The molecule has 0 aliphatic carbocycles. The van der Waals surface area contributed by atoms with Crippen molar-refractivity contribution in [3.8, 4) is 0 Å². The lowest BCUT2D eigenvalue weighted by Gasteiger charge is -2.36. The Bertz CT molecular complexity index is 153. The van der Waals surface area contributed by atoms with Gasteiger partial charge in [-0.25, -0.2) is 0 Å². The first-order valence-electron chi connectivity index (χ1n) is 4.58. The highest BCUT2D eigenvalue weighted by atomic mass is 16.3. The van der Waals surface area contributed by atoms with E-state index in [9.17, 15) is 0 Å². The first kappa shape index (κ1) is 9.96. The fourth-order valence-corrected chi connectivity index (χ4v) is 1.95. The zero-order chi connectivity index (χ0) is 9.35. The smallest absolute Gasteiger partial charge is 0.0587 e. The SMILES string of the molecule is CC(C)(C)N1C[C@@H](N)C[C@@H]1CO. The van der Waals surface area contributed by atoms with Crippen LogP contribution in [0.3, 0.4) is 0 Å². The molecule has 3 nitrogen and oxygen atoms in total. The third-order valence-corrected chi connectivity index (χ3v) is 2.52. The van der Waals surface area contributed by atoms with Crippen LogP contribution in [0.2, 0.25) is 0 Å². The van der Waals surface area contributed by atoms with Crippen LogP contribution in [-0.2, 0) is 0 Å². The molecule has 2 atom stereocenters. The second-order valence-corrected chi connectivity index (χ2v) is 4.66. The average Bonchev–Trinajstić information content (AvgIpc) is 2.29. The van der Waals surface area contributed by atoms with Crippen molar-refractivity contribution in [1.29, 1.82) is 0 Å². The third kappa shape index (κ3) is 1.97. The zero-order valence-electron chi connectivity index (χ0n) is 8.25. The van der Waals surface area contributed by atoms with Crippen molar-refractivity contribution >= 4 is 0 Å². The number of nitrogens with zero attached hydrogens (tertiary/aromatic N) is 1. The number of aliphatic hydroxyl groups excluding tert-OH is 1. The number of likely N-dealkylation sites (tertiary alicyclic amines) is 1. The minimum atomic E-state index is 0.127. The van der Waals surface area contributed by atoms with E-state index in [2.05, 4.69) is 25.7 Å². The van der Waals surface area contributed by atoms with E-state index in [-0.39, 0.29) is 24.2 Å². The van der Waals surface area contributed by atoms with E-state index in [1.54, 1.807) is 0 Å². The predicted octanol–water partition coefficient (Wildman–Crippen LogP) is 0.179. The molecule has 72 valence electrons. The lowest BCUT2D eigenvalue weighted by molar-refractivity contribution is 0.0800. The Morgan fingerprint density at radius 3 is 2.42 bits per heavy atom. The van der Waals surface area contributed by atoms with Crippen LogP contribution in [0.15, 0.2) is 0 Å².